The molecule has 1 aromatic rings. The molecule has 0 radical (unpaired) electrons. The Kier molecular flexibility index (Phi) is 2.45. The van der Waals surface area contributed by atoms with E-state index in [1.165, 1.54) is 6.33 Å². The third kappa shape index (κ3) is 1.48. The number of likely N-dealkylation sites (N-methyl/N-ethyl adjacent to an activating group) is 1. The van der Waals surface area contributed by atoms with E-state index < -0.39 is 0 Å². The van der Waals surface area contributed by atoms with Gasteiger partial charge in [0.2, 0.25) is 5.82 Å². The number of rotatable bonds is 3. The fourth-order valence-electron chi connectivity index (χ4n) is 1.51. The molecule has 76 valence electrons. The Morgan fingerprint density at radius 1 is 1.71 bits per heavy atom. The SMILES string of the molecule is CCN(C(=O)c1ncn[nH]1)C1CNC1. The number of nitrogens with one attached hydrogen (secondary N) is 2. The highest BCUT2D eigenvalue weighted by molar-refractivity contribution is 5.90. The minimum absolute atomic E-state index is 0.0727. The monoisotopic (exact) mass is 195 g/mol. The normalized spacial score (nSPS) is 16.4. The fraction of sp³-hybridized carbons (Fsp3) is 0.625. The summed E-state index contributed by atoms with van der Waals surface area (Å²) in [5.41, 5.74) is 0. The van der Waals surface area contributed by atoms with Crippen molar-refractivity contribution in [2.24, 2.45) is 0 Å². The number of carbonyl (C=O) groups is 1. The molecule has 0 bridgehead atoms. The minimum atomic E-state index is -0.0727. The highest BCUT2D eigenvalue weighted by Gasteiger charge is 2.29. The maximum absolute atomic E-state index is 11.8. The van der Waals surface area contributed by atoms with Gasteiger partial charge in [0.05, 0.1) is 6.04 Å². The van der Waals surface area contributed by atoms with Crippen molar-refractivity contribution in [2.45, 2.75) is 13.0 Å². The maximum Gasteiger partial charge on any atom is 0.291 e. The van der Waals surface area contributed by atoms with Crippen LogP contribution in [0.5, 0.6) is 0 Å². The van der Waals surface area contributed by atoms with Gasteiger partial charge in [0.1, 0.15) is 6.33 Å². The van der Waals surface area contributed by atoms with E-state index in [-0.39, 0.29) is 5.91 Å². The summed E-state index contributed by atoms with van der Waals surface area (Å²) in [4.78, 5) is 17.5. The fourth-order valence-corrected chi connectivity index (χ4v) is 1.51. The first-order chi connectivity index (χ1) is 6.83. The van der Waals surface area contributed by atoms with Crippen LogP contribution in [0.3, 0.4) is 0 Å². The summed E-state index contributed by atoms with van der Waals surface area (Å²) in [5, 5.41) is 9.38. The van der Waals surface area contributed by atoms with Crippen LogP contribution in [0.25, 0.3) is 0 Å². The largest absolute Gasteiger partial charge is 0.331 e. The lowest BCUT2D eigenvalue weighted by molar-refractivity contribution is 0.0618. The van der Waals surface area contributed by atoms with Gasteiger partial charge in [-0.05, 0) is 6.92 Å². The smallest absolute Gasteiger partial charge is 0.291 e. The van der Waals surface area contributed by atoms with Gasteiger partial charge in [0.15, 0.2) is 0 Å². The number of aromatic amines is 1. The number of amides is 1. The number of aromatic nitrogens is 3. The summed E-state index contributed by atoms with van der Waals surface area (Å²) in [6, 6.07) is 0.303. The van der Waals surface area contributed by atoms with Gasteiger partial charge in [0, 0.05) is 19.6 Å². The van der Waals surface area contributed by atoms with Gasteiger partial charge >= 0.3 is 0 Å². The number of carbonyl (C=O) groups excluding carboxylic acids is 1. The van der Waals surface area contributed by atoms with Crippen LogP contribution in [-0.2, 0) is 0 Å². The molecule has 1 aliphatic heterocycles. The molecular weight excluding hydrogens is 182 g/mol. The van der Waals surface area contributed by atoms with Crippen molar-refractivity contribution in [1.82, 2.24) is 25.4 Å². The number of H-pyrrole nitrogens is 1. The predicted octanol–water partition coefficient (Wildman–Crippen LogP) is -0.761. The molecule has 1 aromatic heterocycles. The second kappa shape index (κ2) is 3.75. The Morgan fingerprint density at radius 3 is 2.93 bits per heavy atom. The number of hydrogen-bond acceptors (Lipinski definition) is 4. The van der Waals surface area contributed by atoms with Crippen LogP contribution in [0.1, 0.15) is 17.5 Å². The molecule has 1 saturated heterocycles. The molecule has 2 heterocycles. The van der Waals surface area contributed by atoms with Crippen molar-refractivity contribution in [1.29, 1.82) is 0 Å². The van der Waals surface area contributed by atoms with Gasteiger partial charge in [-0.25, -0.2) is 4.98 Å². The first-order valence-electron chi connectivity index (χ1n) is 4.70. The van der Waals surface area contributed by atoms with Gasteiger partial charge in [0.25, 0.3) is 5.91 Å². The van der Waals surface area contributed by atoms with E-state index in [1.54, 1.807) is 4.90 Å². The average molecular weight is 195 g/mol. The van der Waals surface area contributed by atoms with Gasteiger partial charge in [-0.2, -0.15) is 5.10 Å². The molecule has 0 aromatic carbocycles. The topological polar surface area (TPSA) is 73.9 Å². The first-order valence-corrected chi connectivity index (χ1v) is 4.70. The van der Waals surface area contributed by atoms with Crippen LogP contribution < -0.4 is 5.32 Å². The van der Waals surface area contributed by atoms with Crippen LogP contribution in [-0.4, -0.2) is 51.7 Å². The molecular formula is C8H13N5O. The van der Waals surface area contributed by atoms with E-state index in [4.69, 9.17) is 0 Å². The highest BCUT2D eigenvalue weighted by Crippen LogP contribution is 2.07. The summed E-state index contributed by atoms with van der Waals surface area (Å²) in [6.45, 7) is 4.40. The van der Waals surface area contributed by atoms with Gasteiger partial charge < -0.3 is 10.2 Å². The van der Waals surface area contributed by atoms with E-state index in [1.807, 2.05) is 6.92 Å². The summed E-state index contributed by atoms with van der Waals surface area (Å²) in [7, 11) is 0. The van der Waals surface area contributed by atoms with E-state index >= 15 is 0 Å². The Balaban J connectivity index is 2.08. The lowest BCUT2D eigenvalue weighted by atomic mass is 10.1. The lowest BCUT2D eigenvalue weighted by Crippen LogP contribution is -2.58. The molecule has 6 heteroatoms. The third-order valence-corrected chi connectivity index (χ3v) is 2.42. The second-order valence-corrected chi connectivity index (χ2v) is 3.24. The summed E-state index contributed by atoms with van der Waals surface area (Å²) in [6.07, 6.45) is 1.35. The van der Waals surface area contributed by atoms with Gasteiger partial charge in [-0.15, -0.1) is 0 Å². The van der Waals surface area contributed by atoms with Crippen LogP contribution in [0.2, 0.25) is 0 Å². The molecule has 0 spiro atoms. The molecule has 1 amide bonds. The zero-order valence-electron chi connectivity index (χ0n) is 8.03. The van der Waals surface area contributed by atoms with Gasteiger partial charge in [-0.1, -0.05) is 0 Å². The van der Waals surface area contributed by atoms with E-state index in [0.29, 0.717) is 18.4 Å². The molecule has 6 nitrogen and oxygen atoms in total. The standard InChI is InChI=1S/C8H13N5O/c1-2-13(6-3-9-4-6)8(14)7-10-5-11-12-7/h5-6,9H,2-4H2,1H3,(H,10,11,12). The van der Waals surface area contributed by atoms with Crippen molar-refractivity contribution in [3.05, 3.63) is 12.2 Å². The maximum atomic E-state index is 11.8. The number of hydrogen-bond donors (Lipinski definition) is 2. The second-order valence-electron chi connectivity index (χ2n) is 3.24. The molecule has 1 aliphatic rings. The van der Waals surface area contributed by atoms with E-state index in [9.17, 15) is 4.79 Å². The minimum Gasteiger partial charge on any atom is -0.331 e. The van der Waals surface area contributed by atoms with E-state index in [0.717, 1.165) is 13.1 Å². The lowest BCUT2D eigenvalue weighted by Gasteiger charge is -2.37. The Hall–Kier alpha value is -1.43. The Labute approximate surface area is 81.7 Å². The van der Waals surface area contributed by atoms with Crippen molar-refractivity contribution >= 4 is 5.91 Å². The van der Waals surface area contributed by atoms with Crippen molar-refractivity contribution in [3.63, 3.8) is 0 Å². The molecule has 2 rings (SSSR count). The number of nitrogens with zero attached hydrogens (tertiary/aromatic N) is 3. The molecule has 0 unspecified atom stereocenters. The molecule has 0 atom stereocenters. The zero-order valence-corrected chi connectivity index (χ0v) is 8.03. The highest BCUT2D eigenvalue weighted by atomic mass is 16.2. The molecule has 0 saturated carbocycles. The molecule has 1 fully saturated rings. The first kappa shape index (κ1) is 9.14. The Morgan fingerprint density at radius 2 is 2.50 bits per heavy atom. The van der Waals surface area contributed by atoms with Crippen molar-refractivity contribution < 1.29 is 4.79 Å². The average Bonchev–Trinajstić information content (AvgIpc) is 2.62. The summed E-state index contributed by atoms with van der Waals surface area (Å²) in [5.74, 6) is 0.246. The van der Waals surface area contributed by atoms with Crippen LogP contribution in [0.4, 0.5) is 0 Å². The van der Waals surface area contributed by atoms with Crippen LogP contribution in [0.15, 0.2) is 6.33 Å². The summed E-state index contributed by atoms with van der Waals surface area (Å²) >= 11 is 0. The van der Waals surface area contributed by atoms with Crippen molar-refractivity contribution in [3.8, 4) is 0 Å². The molecule has 2 N–H and O–H groups in total. The summed E-state index contributed by atoms with van der Waals surface area (Å²) < 4.78 is 0. The van der Waals surface area contributed by atoms with Crippen LogP contribution >= 0.6 is 0 Å². The quantitative estimate of drug-likeness (QED) is 0.664. The zero-order chi connectivity index (χ0) is 9.97. The van der Waals surface area contributed by atoms with Crippen molar-refractivity contribution in [2.75, 3.05) is 19.6 Å². The van der Waals surface area contributed by atoms with Crippen LogP contribution in [0, 0.1) is 0 Å². The third-order valence-electron chi connectivity index (χ3n) is 2.42. The molecule has 14 heavy (non-hydrogen) atoms. The van der Waals surface area contributed by atoms with E-state index in [2.05, 4.69) is 20.5 Å². The predicted molar refractivity (Wildman–Crippen MR) is 49.8 cm³/mol. The Bertz CT molecular complexity index is 306. The molecule has 0 aliphatic carbocycles. The van der Waals surface area contributed by atoms with Gasteiger partial charge in [-0.3, -0.25) is 9.89 Å².